The van der Waals surface area contributed by atoms with Crippen molar-refractivity contribution in [2.45, 2.75) is 59.0 Å². The highest BCUT2D eigenvalue weighted by Gasteiger charge is 2.30. The third kappa shape index (κ3) is 4.61. The first-order valence-electron chi connectivity index (χ1n) is 10.1. The molecule has 0 spiro atoms. The summed E-state index contributed by atoms with van der Waals surface area (Å²) in [6.45, 7) is 7.75. The van der Waals surface area contributed by atoms with Gasteiger partial charge in [-0.2, -0.15) is 5.10 Å². The predicted molar refractivity (Wildman–Crippen MR) is 109 cm³/mol. The van der Waals surface area contributed by atoms with E-state index in [0.717, 1.165) is 28.9 Å². The maximum Gasteiger partial charge on any atom is 0.224 e. The molecule has 0 aliphatic carbocycles. The summed E-state index contributed by atoms with van der Waals surface area (Å²) < 4.78 is 0. The van der Waals surface area contributed by atoms with Crippen molar-refractivity contribution in [3.8, 4) is 0 Å². The largest absolute Gasteiger partial charge is 0.340 e. The number of nitrogens with one attached hydrogen (secondary N) is 1. The number of carbonyl (C=O) groups is 2. The van der Waals surface area contributed by atoms with Crippen LogP contribution in [0.3, 0.4) is 0 Å². The van der Waals surface area contributed by atoms with Crippen LogP contribution in [0, 0.1) is 13.8 Å². The van der Waals surface area contributed by atoms with Crippen molar-refractivity contribution in [2.24, 2.45) is 0 Å². The molecule has 1 aliphatic heterocycles. The fraction of sp³-hybridized carbons (Fsp3) is 0.500. The average Bonchev–Trinajstić information content (AvgIpc) is 2.93. The minimum Gasteiger partial charge on any atom is -0.340 e. The van der Waals surface area contributed by atoms with Crippen LogP contribution >= 0.6 is 0 Å². The van der Waals surface area contributed by atoms with Crippen LogP contribution in [-0.4, -0.2) is 50.9 Å². The topological polar surface area (TPSA) is 69.3 Å². The minimum absolute atomic E-state index is 0.0524. The summed E-state index contributed by atoms with van der Waals surface area (Å²) in [5.41, 5.74) is 4.23. The number of H-pyrrole nitrogens is 1. The summed E-state index contributed by atoms with van der Waals surface area (Å²) in [6, 6.07) is 10.1. The zero-order valence-electron chi connectivity index (χ0n) is 17.1. The molecule has 6 nitrogen and oxygen atoms in total. The van der Waals surface area contributed by atoms with Gasteiger partial charge < -0.3 is 9.80 Å². The molecule has 2 aromatic rings. The highest BCUT2D eigenvalue weighted by Crippen LogP contribution is 2.19. The molecule has 0 bridgehead atoms. The quantitative estimate of drug-likeness (QED) is 0.835. The van der Waals surface area contributed by atoms with E-state index in [0.29, 0.717) is 38.9 Å². The maximum absolute atomic E-state index is 12.9. The fourth-order valence-corrected chi connectivity index (χ4v) is 3.93. The van der Waals surface area contributed by atoms with Gasteiger partial charge in [-0.05, 0) is 37.8 Å². The second kappa shape index (κ2) is 9.04. The van der Waals surface area contributed by atoms with Gasteiger partial charge in [-0.25, -0.2) is 0 Å². The Kier molecular flexibility index (Phi) is 6.49. The smallest absolute Gasteiger partial charge is 0.224 e. The number of nitrogens with zero attached hydrogens (tertiary/aromatic N) is 3. The molecule has 2 amide bonds. The Morgan fingerprint density at radius 2 is 2.00 bits per heavy atom. The number of amides is 2. The molecule has 0 radical (unpaired) electrons. The van der Waals surface area contributed by atoms with Gasteiger partial charge >= 0.3 is 0 Å². The lowest BCUT2D eigenvalue weighted by Gasteiger charge is -2.31. The summed E-state index contributed by atoms with van der Waals surface area (Å²) in [7, 11) is 0. The molecule has 2 heterocycles. The lowest BCUT2D eigenvalue weighted by atomic mass is 10.1. The molecule has 1 N–H and O–H groups in total. The van der Waals surface area contributed by atoms with E-state index in [1.807, 2.05) is 54.0 Å². The molecule has 1 unspecified atom stereocenters. The van der Waals surface area contributed by atoms with E-state index in [1.165, 1.54) is 0 Å². The maximum atomic E-state index is 12.9. The monoisotopic (exact) mass is 382 g/mol. The van der Waals surface area contributed by atoms with Gasteiger partial charge in [0.1, 0.15) is 0 Å². The van der Waals surface area contributed by atoms with E-state index >= 15 is 0 Å². The van der Waals surface area contributed by atoms with Gasteiger partial charge in [0.25, 0.3) is 0 Å². The van der Waals surface area contributed by atoms with Crippen molar-refractivity contribution in [1.82, 2.24) is 20.0 Å². The molecule has 0 saturated carbocycles. The fourth-order valence-electron chi connectivity index (χ4n) is 3.93. The first-order chi connectivity index (χ1) is 13.5. The van der Waals surface area contributed by atoms with E-state index in [9.17, 15) is 9.59 Å². The van der Waals surface area contributed by atoms with Crippen LogP contribution in [-0.2, 0) is 22.6 Å². The molecule has 6 heteroatoms. The number of hydrogen-bond acceptors (Lipinski definition) is 3. The Morgan fingerprint density at radius 3 is 2.64 bits per heavy atom. The van der Waals surface area contributed by atoms with E-state index in [2.05, 4.69) is 17.1 Å². The average molecular weight is 383 g/mol. The van der Waals surface area contributed by atoms with Crippen molar-refractivity contribution in [3.05, 3.63) is 52.8 Å². The number of benzene rings is 1. The molecule has 3 rings (SSSR count). The molecule has 1 aromatic heterocycles. The molecule has 1 atom stereocenters. The van der Waals surface area contributed by atoms with Gasteiger partial charge in [-0.15, -0.1) is 0 Å². The number of aromatic nitrogens is 2. The predicted octanol–water partition coefficient (Wildman–Crippen LogP) is 3.00. The number of carbonyl (C=O) groups excluding carboxylic acids is 2. The number of hydrogen-bond donors (Lipinski definition) is 1. The summed E-state index contributed by atoms with van der Waals surface area (Å²) in [5.74, 6) is 0.250. The van der Waals surface area contributed by atoms with E-state index in [-0.39, 0.29) is 17.9 Å². The van der Waals surface area contributed by atoms with Gasteiger partial charge in [-0.3, -0.25) is 14.7 Å². The summed E-state index contributed by atoms with van der Waals surface area (Å²) in [6.07, 6.45) is 2.35. The van der Waals surface area contributed by atoms with E-state index in [1.54, 1.807) is 0 Å². The minimum atomic E-state index is 0.0524. The van der Waals surface area contributed by atoms with Gasteiger partial charge in [-0.1, -0.05) is 37.3 Å². The summed E-state index contributed by atoms with van der Waals surface area (Å²) in [5, 5.41) is 7.18. The molecule has 1 aliphatic rings. The van der Waals surface area contributed by atoms with Crippen molar-refractivity contribution in [3.63, 3.8) is 0 Å². The van der Waals surface area contributed by atoms with Crippen LogP contribution in [0.1, 0.15) is 48.7 Å². The number of aromatic amines is 1. The lowest BCUT2D eigenvalue weighted by Crippen LogP contribution is -2.43. The van der Waals surface area contributed by atoms with Gasteiger partial charge in [0.15, 0.2) is 0 Å². The Balaban J connectivity index is 1.65. The third-order valence-electron chi connectivity index (χ3n) is 5.68. The van der Waals surface area contributed by atoms with E-state index in [4.69, 9.17) is 0 Å². The first kappa shape index (κ1) is 20.1. The van der Waals surface area contributed by atoms with Crippen molar-refractivity contribution in [2.75, 3.05) is 13.1 Å². The Bertz CT molecular complexity index is 796. The first-order valence-corrected chi connectivity index (χ1v) is 10.1. The van der Waals surface area contributed by atoms with Crippen LogP contribution < -0.4 is 0 Å². The van der Waals surface area contributed by atoms with Crippen LogP contribution in [0.4, 0.5) is 0 Å². The van der Waals surface area contributed by atoms with Crippen LogP contribution in [0.25, 0.3) is 0 Å². The van der Waals surface area contributed by atoms with Crippen molar-refractivity contribution in [1.29, 1.82) is 0 Å². The molecule has 1 fully saturated rings. The Morgan fingerprint density at radius 1 is 1.25 bits per heavy atom. The zero-order valence-corrected chi connectivity index (χ0v) is 17.1. The molecule has 1 aromatic carbocycles. The normalized spacial score (nSPS) is 17.7. The van der Waals surface area contributed by atoms with Crippen molar-refractivity contribution >= 4 is 11.8 Å². The van der Waals surface area contributed by atoms with Gasteiger partial charge in [0, 0.05) is 44.2 Å². The van der Waals surface area contributed by atoms with Gasteiger partial charge in [0.2, 0.25) is 11.8 Å². The van der Waals surface area contributed by atoms with Crippen LogP contribution in [0.2, 0.25) is 0 Å². The SMILES string of the molecule is CCC1CN(C(=O)CCc2c(C)n[nH]c2C)CCC(=O)N1Cc1ccccc1. The number of aryl methyl sites for hydroxylation is 2. The third-order valence-corrected chi connectivity index (χ3v) is 5.68. The van der Waals surface area contributed by atoms with Crippen molar-refractivity contribution < 1.29 is 9.59 Å². The van der Waals surface area contributed by atoms with E-state index < -0.39 is 0 Å². The molecule has 1 saturated heterocycles. The second-order valence-electron chi connectivity index (χ2n) is 7.57. The molecular formula is C22H30N4O2. The number of rotatable bonds is 6. The van der Waals surface area contributed by atoms with Crippen LogP contribution in [0.15, 0.2) is 30.3 Å². The molecule has 28 heavy (non-hydrogen) atoms. The van der Waals surface area contributed by atoms with Crippen LogP contribution in [0.5, 0.6) is 0 Å². The molecular weight excluding hydrogens is 352 g/mol. The summed E-state index contributed by atoms with van der Waals surface area (Å²) >= 11 is 0. The van der Waals surface area contributed by atoms with Gasteiger partial charge in [0.05, 0.1) is 5.69 Å². The second-order valence-corrected chi connectivity index (χ2v) is 7.57. The molecule has 150 valence electrons. The highest BCUT2D eigenvalue weighted by molar-refractivity contribution is 5.80. The highest BCUT2D eigenvalue weighted by atomic mass is 16.2. The Hall–Kier alpha value is -2.63. The zero-order chi connectivity index (χ0) is 20.1. The summed E-state index contributed by atoms with van der Waals surface area (Å²) in [4.78, 5) is 29.5. The standard InChI is InChI=1S/C22H30N4O2/c1-4-19-15-25(21(27)11-10-20-16(2)23-24-17(20)3)13-12-22(28)26(19)14-18-8-6-5-7-9-18/h5-9,19H,4,10-15H2,1-3H3,(H,23,24). The lowest BCUT2D eigenvalue weighted by molar-refractivity contribution is -0.133. The Labute approximate surface area is 166 Å².